The van der Waals surface area contributed by atoms with Crippen LogP contribution in [0.2, 0.25) is 0 Å². The predicted molar refractivity (Wildman–Crippen MR) is 85.3 cm³/mol. The summed E-state index contributed by atoms with van der Waals surface area (Å²) in [6, 6.07) is 11.8. The van der Waals surface area contributed by atoms with Crippen LogP contribution in [0.15, 0.2) is 59.8 Å². The van der Waals surface area contributed by atoms with E-state index >= 15 is 0 Å². The van der Waals surface area contributed by atoms with E-state index in [0.29, 0.717) is 31.7 Å². The van der Waals surface area contributed by atoms with E-state index in [9.17, 15) is 13.2 Å². The molecule has 1 amide bonds. The zero-order valence-corrected chi connectivity index (χ0v) is 13.3. The quantitative estimate of drug-likeness (QED) is 0.848. The lowest BCUT2D eigenvalue weighted by Gasteiger charge is -2.34. The Morgan fingerprint density at radius 2 is 1.65 bits per heavy atom. The molecule has 1 aliphatic rings. The molecule has 1 aliphatic heterocycles. The van der Waals surface area contributed by atoms with Crippen molar-refractivity contribution in [2.45, 2.75) is 4.90 Å². The second-order valence-electron chi connectivity index (χ2n) is 5.25. The summed E-state index contributed by atoms with van der Waals surface area (Å²) in [6.07, 6.45) is 3.14. The number of piperazine rings is 1. The van der Waals surface area contributed by atoms with Crippen LogP contribution in [0.25, 0.3) is 0 Å². The molecule has 0 N–H and O–H groups in total. The molecule has 0 unspecified atom stereocenters. The van der Waals surface area contributed by atoms with Crippen molar-refractivity contribution < 1.29 is 13.2 Å². The number of rotatable bonds is 3. The first-order chi connectivity index (χ1) is 11.1. The SMILES string of the molecule is O=C(c1cccnc1)N1CCN(S(=O)(=O)c2ccccc2)CC1. The summed E-state index contributed by atoms with van der Waals surface area (Å²) in [5.41, 5.74) is 0.520. The summed E-state index contributed by atoms with van der Waals surface area (Å²) in [6.45, 7) is 1.34. The average molecular weight is 331 g/mol. The van der Waals surface area contributed by atoms with Gasteiger partial charge in [0.25, 0.3) is 5.91 Å². The lowest BCUT2D eigenvalue weighted by molar-refractivity contribution is 0.0697. The van der Waals surface area contributed by atoms with Crippen LogP contribution in [-0.4, -0.2) is 54.7 Å². The lowest BCUT2D eigenvalue weighted by Crippen LogP contribution is -2.50. The van der Waals surface area contributed by atoms with Gasteiger partial charge in [0.2, 0.25) is 10.0 Å². The van der Waals surface area contributed by atoms with Gasteiger partial charge < -0.3 is 4.90 Å². The Labute approximate surface area is 135 Å². The third kappa shape index (κ3) is 3.25. The van der Waals surface area contributed by atoms with Crippen molar-refractivity contribution in [1.29, 1.82) is 0 Å². The number of carbonyl (C=O) groups is 1. The maximum atomic E-state index is 12.5. The number of pyridine rings is 1. The number of amides is 1. The number of benzene rings is 1. The summed E-state index contributed by atoms with van der Waals surface area (Å²) in [5.74, 6) is -0.116. The molecule has 1 aromatic carbocycles. The predicted octanol–water partition coefficient (Wildman–Crippen LogP) is 1.23. The molecule has 6 nitrogen and oxygen atoms in total. The molecule has 0 bridgehead atoms. The van der Waals surface area contributed by atoms with Crippen LogP contribution < -0.4 is 0 Å². The van der Waals surface area contributed by atoms with Crippen molar-refractivity contribution in [1.82, 2.24) is 14.2 Å². The second kappa shape index (κ2) is 6.47. The third-order valence-corrected chi connectivity index (χ3v) is 5.73. The summed E-state index contributed by atoms with van der Waals surface area (Å²) >= 11 is 0. The normalized spacial score (nSPS) is 16.3. The molecular weight excluding hydrogens is 314 g/mol. The number of carbonyl (C=O) groups excluding carboxylic acids is 1. The maximum Gasteiger partial charge on any atom is 0.255 e. The number of hydrogen-bond acceptors (Lipinski definition) is 4. The molecule has 3 rings (SSSR count). The van der Waals surface area contributed by atoms with Gasteiger partial charge in [-0.25, -0.2) is 8.42 Å². The van der Waals surface area contributed by atoms with Crippen LogP contribution in [0.5, 0.6) is 0 Å². The van der Waals surface area contributed by atoms with Gasteiger partial charge in [-0.15, -0.1) is 0 Å². The first-order valence-corrected chi connectivity index (χ1v) is 8.77. The number of hydrogen-bond donors (Lipinski definition) is 0. The highest BCUT2D eigenvalue weighted by Gasteiger charge is 2.30. The molecule has 0 aliphatic carbocycles. The fraction of sp³-hybridized carbons (Fsp3) is 0.250. The molecular formula is C16H17N3O3S. The summed E-state index contributed by atoms with van der Waals surface area (Å²) in [4.78, 5) is 18.2. The van der Waals surface area contributed by atoms with Crippen molar-refractivity contribution in [3.63, 3.8) is 0 Å². The van der Waals surface area contributed by atoms with E-state index in [-0.39, 0.29) is 10.8 Å². The van der Waals surface area contributed by atoms with E-state index in [1.54, 1.807) is 53.6 Å². The molecule has 0 atom stereocenters. The van der Waals surface area contributed by atoms with Crippen LogP contribution >= 0.6 is 0 Å². The Morgan fingerprint density at radius 1 is 0.957 bits per heavy atom. The van der Waals surface area contributed by atoms with Gasteiger partial charge in [0.1, 0.15) is 0 Å². The van der Waals surface area contributed by atoms with Gasteiger partial charge in [0, 0.05) is 38.6 Å². The molecule has 0 spiro atoms. The average Bonchev–Trinajstić information content (AvgIpc) is 2.63. The largest absolute Gasteiger partial charge is 0.336 e. The van der Waals surface area contributed by atoms with Gasteiger partial charge in [0.15, 0.2) is 0 Å². The second-order valence-corrected chi connectivity index (χ2v) is 7.19. The zero-order chi connectivity index (χ0) is 16.3. The van der Waals surface area contributed by atoms with E-state index in [4.69, 9.17) is 0 Å². The van der Waals surface area contributed by atoms with E-state index in [2.05, 4.69) is 4.98 Å². The summed E-state index contributed by atoms with van der Waals surface area (Å²) < 4.78 is 26.5. The standard InChI is InChI=1S/C16H17N3O3S/c20-16(14-5-4-8-17-13-14)18-9-11-19(12-10-18)23(21,22)15-6-2-1-3-7-15/h1-8,13H,9-12H2. The van der Waals surface area contributed by atoms with Gasteiger partial charge in [-0.3, -0.25) is 9.78 Å². The minimum atomic E-state index is -3.49. The Kier molecular flexibility index (Phi) is 4.40. The summed E-state index contributed by atoms with van der Waals surface area (Å²) in [5, 5.41) is 0. The highest BCUT2D eigenvalue weighted by atomic mass is 32.2. The first kappa shape index (κ1) is 15.6. The number of nitrogens with zero attached hydrogens (tertiary/aromatic N) is 3. The Bertz CT molecular complexity index is 771. The zero-order valence-electron chi connectivity index (χ0n) is 12.5. The molecule has 23 heavy (non-hydrogen) atoms. The van der Waals surface area contributed by atoms with Crippen LogP contribution in [0.3, 0.4) is 0 Å². The molecule has 1 saturated heterocycles. The maximum absolute atomic E-state index is 12.5. The minimum Gasteiger partial charge on any atom is -0.336 e. The first-order valence-electron chi connectivity index (χ1n) is 7.33. The van der Waals surface area contributed by atoms with E-state index in [1.165, 1.54) is 10.5 Å². The molecule has 2 heterocycles. The van der Waals surface area contributed by atoms with E-state index < -0.39 is 10.0 Å². The van der Waals surface area contributed by atoms with Gasteiger partial charge in [-0.1, -0.05) is 18.2 Å². The Morgan fingerprint density at radius 3 is 2.26 bits per heavy atom. The van der Waals surface area contributed by atoms with E-state index in [0.717, 1.165) is 0 Å². The monoisotopic (exact) mass is 331 g/mol. The fourth-order valence-electron chi connectivity index (χ4n) is 2.54. The van der Waals surface area contributed by atoms with Crippen molar-refractivity contribution in [3.8, 4) is 0 Å². The molecule has 0 saturated carbocycles. The van der Waals surface area contributed by atoms with Crippen molar-refractivity contribution >= 4 is 15.9 Å². The van der Waals surface area contributed by atoms with Crippen molar-refractivity contribution in [3.05, 3.63) is 60.4 Å². The highest BCUT2D eigenvalue weighted by Crippen LogP contribution is 2.18. The van der Waals surface area contributed by atoms with Crippen molar-refractivity contribution in [2.24, 2.45) is 0 Å². The number of aromatic nitrogens is 1. The van der Waals surface area contributed by atoms with Crippen LogP contribution in [0, 0.1) is 0 Å². The Balaban J connectivity index is 1.68. The molecule has 120 valence electrons. The molecule has 1 fully saturated rings. The topological polar surface area (TPSA) is 70.6 Å². The van der Waals surface area contributed by atoms with Gasteiger partial charge in [-0.05, 0) is 24.3 Å². The number of sulfonamides is 1. The van der Waals surface area contributed by atoms with Gasteiger partial charge in [-0.2, -0.15) is 4.31 Å². The van der Waals surface area contributed by atoms with Crippen LogP contribution in [0.1, 0.15) is 10.4 Å². The van der Waals surface area contributed by atoms with Crippen LogP contribution in [0.4, 0.5) is 0 Å². The molecule has 2 aromatic rings. The molecule has 1 aromatic heterocycles. The Hall–Kier alpha value is -2.25. The minimum absolute atomic E-state index is 0.116. The van der Waals surface area contributed by atoms with Crippen LogP contribution in [-0.2, 0) is 10.0 Å². The summed E-state index contributed by atoms with van der Waals surface area (Å²) in [7, 11) is -3.49. The lowest BCUT2D eigenvalue weighted by atomic mass is 10.2. The molecule has 7 heteroatoms. The van der Waals surface area contributed by atoms with Gasteiger partial charge in [0.05, 0.1) is 10.5 Å². The third-order valence-electron chi connectivity index (χ3n) is 3.82. The molecule has 0 radical (unpaired) electrons. The van der Waals surface area contributed by atoms with E-state index in [1.807, 2.05) is 0 Å². The van der Waals surface area contributed by atoms with Gasteiger partial charge >= 0.3 is 0 Å². The smallest absolute Gasteiger partial charge is 0.255 e. The fourth-order valence-corrected chi connectivity index (χ4v) is 3.99. The van der Waals surface area contributed by atoms with Crippen molar-refractivity contribution in [2.75, 3.05) is 26.2 Å². The highest BCUT2D eigenvalue weighted by molar-refractivity contribution is 7.89.